The van der Waals surface area contributed by atoms with Gasteiger partial charge >= 0.3 is 5.97 Å². The number of aliphatic hydroxyl groups excluding tert-OH is 1. The van der Waals surface area contributed by atoms with E-state index in [1.807, 2.05) is 6.92 Å². The summed E-state index contributed by atoms with van der Waals surface area (Å²) >= 11 is 0. The van der Waals surface area contributed by atoms with Gasteiger partial charge in [0.2, 0.25) is 0 Å². The zero-order valence-corrected chi connectivity index (χ0v) is 10.2. The van der Waals surface area contributed by atoms with E-state index in [1.165, 1.54) is 0 Å². The fourth-order valence-corrected chi connectivity index (χ4v) is 1.40. The molecule has 0 radical (unpaired) electrons. The molecule has 1 atom stereocenters. The van der Waals surface area contributed by atoms with Crippen LogP contribution in [0.25, 0.3) is 0 Å². The number of carbonyl (C=O) groups is 1. The lowest BCUT2D eigenvalue weighted by molar-refractivity contribution is -0.146. The number of methoxy groups -OCH3 is 1. The van der Waals surface area contributed by atoms with E-state index in [1.54, 1.807) is 31.4 Å². The maximum absolute atomic E-state index is 11.3. The zero-order chi connectivity index (χ0) is 12.7. The fraction of sp³-hybridized carbons (Fsp3) is 0.462. The Labute approximate surface area is 101 Å². The first-order valence-corrected chi connectivity index (χ1v) is 5.65. The van der Waals surface area contributed by atoms with Gasteiger partial charge in [0.05, 0.1) is 26.2 Å². The van der Waals surface area contributed by atoms with E-state index in [9.17, 15) is 9.90 Å². The molecule has 0 amide bonds. The minimum absolute atomic E-state index is 0.0346. The van der Waals surface area contributed by atoms with Crippen molar-refractivity contribution >= 4 is 5.97 Å². The molecular formula is C13H18O4. The number of benzene rings is 1. The van der Waals surface area contributed by atoms with Gasteiger partial charge in [0.15, 0.2) is 0 Å². The van der Waals surface area contributed by atoms with Crippen molar-refractivity contribution in [1.29, 1.82) is 0 Å². The van der Waals surface area contributed by atoms with Crippen LogP contribution in [0.5, 0.6) is 5.75 Å². The first-order chi connectivity index (χ1) is 8.17. The molecule has 4 heteroatoms. The average molecular weight is 238 g/mol. The molecule has 0 saturated heterocycles. The number of rotatable bonds is 6. The van der Waals surface area contributed by atoms with Gasteiger partial charge in [0.1, 0.15) is 5.75 Å². The quantitative estimate of drug-likeness (QED) is 0.771. The summed E-state index contributed by atoms with van der Waals surface area (Å²) in [6.45, 7) is 2.31. The topological polar surface area (TPSA) is 55.8 Å². The summed E-state index contributed by atoms with van der Waals surface area (Å²) in [5.74, 6) is 0.269. The van der Waals surface area contributed by atoms with Crippen LogP contribution in [-0.4, -0.2) is 24.8 Å². The van der Waals surface area contributed by atoms with Gasteiger partial charge in [-0.15, -0.1) is 0 Å². The average Bonchev–Trinajstić information content (AvgIpc) is 2.36. The van der Waals surface area contributed by atoms with Crippen molar-refractivity contribution in [3.63, 3.8) is 0 Å². The van der Waals surface area contributed by atoms with Crippen molar-refractivity contribution in [2.45, 2.75) is 25.9 Å². The van der Waals surface area contributed by atoms with Crippen LogP contribution in [0, 0.1) is 0 Å². The molecule has 0 heterocycles. The first-order valence-electron chi connectivity index (χ1n) is 5.65. The highest BCUT2D eigenvalue weighted by Crippen LogP contribution is 2.21. The number of hydrogen-bond donors (Lipinski definition) is 1. The Morgan fingerprint density at radius 3 is 2.88 bits per heavy atom. The molecule has 1 aromatic carbocycles. The van der Waals surface area contributed by atoms with Crippen LogP contribution in [0.2, 0.25) is 0 Å². The molecule has 0 bridgehead atoms. The van der Waals surface area contributed by atoms with Gasteiger partial charge in [-0.05, 0) is 24.1 Å². The van der Waals surface area contributed by atoms with Crippen LogP contribution in [0.3, 0.4) is 0 Å². The lowest BCUT2D eigenvalue weighted by Crippen LogP contribution is -2.10. The normalized spacial score (nSPS) is 11.9. The molecule has 0 aliphatic carbocycles. The van der Waals surface area contributed by atoms with Crippen molar-refractivity contribution < 1.29 is 19.4 Å². The minimum Gasteiger partial charge on any atom is -0.497 e. The third-order valence-electron chi connectivity index (χ3n) is 2.31. The molecule has 0 fully saturated rings. The van der Waals surface area contributed by atoms with Crippen molar-refractivity contribution in [3.05, 3.63) is 29.8 Å². The first kappa shape index (κ1) is 13.5. The summed E-state index contributed by atoms with van der Waals surface area (Å²) in [5.41, 5.74) is 0.651. The van der Waals surface area contributed by atoms with E-state index >= 15 is 0 Å². The Hall–Kier alpha value is -1.55. The summed E-state index contributed by atoms with van der Waals surface area (Å²) in [6.07, 6.45) is -0.108. The molecule has 0 aliphatic rings. The standard InChI is InChI=1S/C13H18O4/c1-3-7-17-13(15)9-12(14)10-5-4-6-11(8-10)16-2/h4-6,8,12,14H,3,7,9H2,1-2H3/t12-/m0/s1. The van der Waals surface area contributed by atoms with Crippen LogP contribution in [-0.2, 0) is 9.53 Å². The second kappa shape index (κ2) is 6.91. The van der Waals surface area contributed by atoms with Gasteiger partial charge in [-0.25, -0.2) is 0 Å². The van der Waals surface area contributed by atoms with E-state index in [0.29, 0.717) is 17.9 Å². The van der Waals surface area contributed by atoms with Crippen LogP contribution in [0.4, 0.5) is 0 Å². The van der Waals surface area contributed by atoms with Gasteiger partial charge in [-0.1, -0.05) is 19.1 Å². The number of carbonyl (C=O) groups excluding carboxylic acids is 1. The summed E-state index contributed by atoms with van der Waals surface area (Å²) in [6, 6.07) is 7.01. The van der Waals surface area contributed by atoms with Crippen LogP contribution in [0.15, 0.2) is 24.3 Å². The van der Waals surface area contributed by atoms with Crippen molar-refractivity contribution in [2.24, 2.45) is 0 Å². The predicted octanol–water partition coefficient (Wildman–Crippen LogP) is 2.07. The largest absolute Gasteiger partial charge is 0.497 e. The molecule has 0 aromatic heterocycles. The summed E-state index contributed by atoms with van der Waals surface area (Å²) in [5, 5.41) is 9.85. The molecule has 1 N–H and O–H groups in total. The number of hydrogen-bond acceptors (Lipinski definition) is 4. The number of aliphatic hydroxyl groups is 1. The Morgan fingerprint density at radius 1 is 1.47 bits per heavy atom. The maximum Gasteiger partial charge on any atom is 0.308 e. The molecule has 0 saturated carbocycles. The summed E-state index contributed by atoms with van der Waals surface area (Å²) in [7, 11) is 1.56. The highest BCUT2D eigenvalue weighted by atomic mass is 16.5. The lowest BCUT2D eigenvalue weighted by Gasteiger charge is -2.11. The van der Waals surface area contributed by atoms with Crippen molar-refractivity contribution in [1.82, 2.24) is 0 Å². The van der Waals surface area contributed by atoms with E-state index in [2.05, 4.69) is 0 Å². The number of ether oxygens (including phenoxy) is 2. The minimum atomic E-state index is -0.852. The SMILES string of the molecule is CCCOC(=O)C[C@H](O)c1cccc(OC)c1. The van der Waals surface area contributed by atoms with Gasteiger partial charge in [-0.2, -0.15) is 0 Å². The second-order valence-corrected chi connectivity index (χ2v) is 3.72. The van der Waals surface area contributed by atoms with Crippen LogP contribution >= 0.6 is 0 Å². The highest BCUT2D eigenvalue weighted by Gasteiger charge is 2.14. The zero-order valence-electron chi connectivity index (χ0n) is 10.2. The van der Waals surface area contributed by atoms with Crippen LogP contribution in [0.1, 0.15) is 31.4 Å². The highest BCUT2D eigenvalue weighted by molar-refractivity contribution is 5.70. The lowest BCUT2D eigenvalue weighted by atomic mass is 10.1. The molecule has 0 unspecified atom stereocenters. The molecule has 17 heavy (non-hydrogen) atoms. The molecule has 0 spiro atoms. The van der Waals surface area contributed by atoms with E-state index in [4.69, 9.17) is 9.47 Å². The Morgan fingerprint density at radius 2 is 2.24 bits per heavy atom. The van der Waals surface area contributed by atoms with Crippen molar-refractivity contribution in [3.8, 4) is 5.75 Å². The number of esters is 1. The Kier molecular flexibility index (Phi) is 5.49. The summed E-state index contributed by atoms with van der Waals surface area (Å²) < 4.78 is 9.96. The molecular weight excluding hydrogens is 220 g/mol. The van der Waals surface area contributed by atoms with Gasteiger partial charge < -0.3 is 14.6 Å². The predicted molar refractivity (Wildman–Crippen MR) is 63.8 cm³/mol. The third kappa shape index (κ3) is 4.44. The van der Waals surface area contributed by atoms with E-state index < -0.39 is 6.10 Å². The van der Waals surface area contributed by atoms with Crippen LogP contribution < -0.4 is 4.74 Å². The smallest absolute Gasteiger partial charge is 0.308 e. The fourth-order valence-electron chi connectivity index (χ4n) is 1.40. The van der Waals surface area contributed by atoms with Gasteiger partial charge in [0, 0.05) is 0 Å². The molecule has 4 nitrogen and oxygen atoms in total. The third-order valence-corrected chi connectivity index (χ3v) is 2.31. The molecule has 1 aromatic rings. The Balaban J connectivity index is 2.56. The molecule has 0 aliphatic heterocycles. The molecule has 1 rings (SSSR count). The van der Waals surface area contributed by atoms with Gasteiger partial charge in [0.25, 0.3) is 0 Å². The maximum atomic E-state index is 11.3. The molecule has 94 valence electrons. The Bertz CT molecular complexity index is 362. The second-order valence-electron chi connectivity index (χ2n) is 3.72. The van der Waals surface area contributed by atoms with E-state index in [0.717, 1.165) is 6.42 Å². The summed E-state index contributed by atoms with van der Waals surface area (Å²) in [4.78, 5) is 11.3. The van der Waals surface area contributed by atoms with E-state index in [-0.39, 0.29) is 12.4 Å². The monoisotopic (exact) mass is 238 g/mol. The van der Waals surface area contributed by atoms with Crippen molar-refractivity contribution in [2.75, 3.05) is 13.7 Å². The van der Waals surface area contributed by atoms with Gasteiger partial charge in [-0.3, -0.25) is 4.79 Å².